The number of aliphatic hydroxyl groups excluding tert-OH is 1. The van der Waals surface area contributed by atoms with E-state index in [-0.39, 0.29) is 60.2 Å². The lowest BCUT2D eigenvalue weighted by Gasteiger charge is -2.38. The van der Waals surface area contributed by atoms with Gasteiger partial charge < -0.3 is 53.6 Å². The fourth-order valence-corrected chi connectivity index (χ4v) is 17.5. The predicted octanol–water partition coefficient (Wildman–Crippen LogP) is 18.0. The molecule has 0 spiro atoms. The highest BCUT2D eigenvalue weighted by molar-refractivity contribution is 7.90. The van der Waals surface area contributed by atoms with E-state index in [9.17, 15) is 27.6 Å². The van der Waals surface area contributed by atoms with Gasteiger partial charge in [-0.05, 0) is 206 Å². The first-order chi connectivity index (χ1) is 51.4. The molecule has 0 saturated carbocycles. The Morgan fingerprint density at radius 3 is 2.09 bits per heavy atom. The third-order valence-corrected chi connectivity index (χ3v) is 23.8. The zero-order valence-corrected chi connectivity index (χ0v) is 66.3. The van der Waals surface area contributed by atoms with E-state index >= 15 is 0 Å². The summed E-state index contributed by atoms with van der Waals surface area (Å²) in [5.41, 5.74) is 14.2. The maximum atomic E-state index is 13.1. The number of phenolic OH excluding ortho intramolecular Hbond substituents is 1. The number of benzene rings is 5. The summed E-state index contributed by atoms with van der Waals surface area (Å²) in [7, 11) is -3.41. The van der Waals surface area contributed by atoms with E-state index < -0.39 is 51.5 Å². The average molecular weight is 1510 g/mol. The van der Waals surface area contributed by atoms with Crippen molar-refractivity contribution in [3.05, 3.63) is 189 Å². The van der Waals surface area contributed by atoms with Gasteiger partial charge in [-0.3, -0.25) is 14.1 Å². The molecule has 0 radical (unpaired) electrons. The van der Waals surface area contributed by atoms with Gasteiger partial charge in [-0.2, -0.15) is 4.58 Å². The number of hydrogen-bond donors (Lipinski definition) is 5. The van der Waals surface area contributed by atoms with E-state index in [0.717, 1.165) is 143 Å². The molecule has 11 rings (SSSR count). The Kier molecular flexibility index (Phi) is 28.3. The largest absolute Gasteiger partial charge is 0.508 e. The van der Waals surface area contributed by atoms with Gasteiger partial charge in [0, 0.05) is 95.4 Å². The van der Waals surface area contributed by atoms with E-state index in [1.807, 2.05) is 36.4 Å². The Balaban J connectivity index is 0.739. The van der Waals surface area contributed by atoms with Crippen LogP contribution in [0.25, 0.3) is 0 Å². The Morgan fingerprint density at radius 1 is 0.720 bits per heavy atom. The molecule has 0 bridgehead atoms. The van der Waals surface area contributed by atoms with Crippen molar-refractivity contribution in [3.63, 3.8) is 0 Å². The summed E-state index contributed by atoms with van der Waals surface area (Å²) in [4.78, 5) is 16.0. The summed E-state index contributed by atoms with van der Waals surface area (Å²) in [6.45, 7) is 22.5. The minimum atomic E-state index is -3.41. The molecule has 6 aliphatic rings. The Morgan fingerprint density at radius 2 is 1.39 bits per heavy atom. The molecule has 0 aromatic heterocycles. The lowest BCUT2D eigenvalue weighted by molar-refractivity contribution is -0.438. The quantitative estimate of drug-likeness (QED) is 0.0191. The van der Waals surface area contributed by atoms with Crippen LogP contribution in [-0.2, 0) is 60.4 Å². The number of unbranched alkanes of at least 4 members (excludes halogenated alkanes) is 2. The van der Waals surface area contributed by atoms with Crippen molar-refractivity contribution in [2.75, 3.05) is 42.1 Å². The SMILES string of the molecule is CCCCN1/C(=C/C=C2\CCCC(/C=C/C3=[N+](CCCC)c4ccc(S(C)(=O)=O)cc4C3(C)C)=C2CCOc2cccc(C3OC(CCC)CC(CC(O)CCCC4CC(CCCC5CC(CC)OC(CNC(=O)c6ccc(NS(=O)O)cc6)O5)OC(c5cccc(O)c5)O4)O3)c2)C(C)(C)c2cc(C)ccc21. The van der Waals surface area contributed by atoms with Gasteiger partial charge >= 0.3 is 0 Å². The van der Waals surface area contributed by atoms with Crippen LogP contribution in [0.15, 0.2) is 161 Å². The third-order valence-electron chi connectivity index (χ3n) is 22.3. The number of fused-ring (bicyclic) bond motifs is 2. The number of hydrogen-bond acceptors (Lipinski definition) is 14. The first-order valence-electron chi connectivity index (χ1n) is 39.5. The number of anilines is 2. The van der Waals surface area contributed by atoms with Gasteiger partial charge in [-0.1, -0.05) is 115 Å². The van der Waals surface area contributed by atoms with E-state index in [4.69, 9.17) is 37.7 Å². The molecule has 1 aliphatic carbocycles. The number of aliphatic hydroxyl groups is 1. The fourth-order valence-electron chi connectivity index (χ4n) is 16.5. The maximum absolute atomic E-state index is 13.1. The first kappa shape index (κ1) is 81.2. The molecule has 107 heavy (non-hydrogen) atoms. The number of amides is 1. The molecule has 11 atom stereocenters. The van der Waals surface area contributed by atoms with Crippen LogP contribution in [-0.4, -0.2) is 125 Å². The van der Waals surface area contributed by atoms with Gasteiger partial charge in [0.2, 0.25) is 5.69 Å². The first-order valence-corrected chi connectivity index (χ1v) is 42.5. The summed E-state index contributed by atoms with van der Waals surface area (Å²) in [5, 5.41) is 25.3. The molecule has 11 unspecified atom stereocenters. The predicted molar refractivity (Wildman–Crippen MR) is 424 cm³/mol. The van der Waals surface area contributed by atoms with Crippen molar-refractivity contribution in [1.82, 2.24) is 5.32 Å². The van der Waals surface area contributed by atoms with Gasteiger partial charge in [-0.15, -0.1) is 0 Å². The van der Waals surface area contributed by atoms with Crippen molar-refractivity contribution in [3.8, 4) is 11.5 Å². The van der Waals surface area contributed by atoms with Crippen molar-refractivity contribution in [2.45, 2.75) is 274 Å². The molecule has 18 nitrogen and oxygen atoms in total. The van der Waals surface area contributed by atoms with Gasteiger partial charge in [0.05, 0.1) is 66.2 Å². The number of carbonyl (C=O) groups excluding carboxylic acids is 1. The topological polar surface area (TPSA) is 224 Å². The number of carbonyl (C=O) groups is 1. The Hall–Kier alpha value is -6.82. The number of rotatable bonds is 34. The molecule has 3 fully saturated rings. The molecule has 3 saturated heterocycles. The van der Waals surface area contributed by atoms with Crippen molar-refractivity contribution >= 4 is 49.8 Å². The number of aromatic hydroxyl groups is 1. The second-order valence-corrected chi connectivity index (χ2v) is 34.0. The molecule has 1 amide bonds. The van der Waals surface area contributed by atoms with Crippen LogP contribution in [0.1, 0.15) is 241 Å². The lowest BCUT2D eigenvalue weighted by Crippen LogP contribution is -2.44. The van der Waals surface area contributed by atoms with Crippen molar-refractivity contribution in [2.24, 2.45) is 0 Å². The molecule has 20 heteroatoms. The van der Waals surface area contributed by atoms with Gasteiger partial charge in [0.1, 0.15) is 18.0 Å². The standard InChI is InChI=1S/C87H116N4O14S2/c1-11-15-46-90-78-41-33-58(5)49-76(78)86(6,7)80(90)43-36-59-23-17-24-60(37-44-81-87(8,9)77-56-74(107(10,97)98)40-42-79(77)91(81)47-16-12-2)75(59)45-48-99-68-29-19-26-63(51-68)85-102-69(22-13-3)55-73(105-85)52-66(93)28-20-30-71-54-72(104-84(103-71)62-25-18-27-65(92)50-62)32-21-31-70-53-67(14-4)100-82(101-70)57-88-83(94)61-34-38-64(39-35-61)89-106(95)96/h18-19,25-27,29,33-44,49-51,56,66-67,69-73,82,84-85,93H,11-17,20-24,28,30-32,45-48,52-55,57H2,1-10H3,(H3-,88,89,92,94,95,96)/p+1. The molecule has 5 N–H and O–H groups in total. The van der Waals surface area contributed by atoms with Crippen LogP contribution < -0.4 is 19.7 Å². The highest BCUT2D eigenvalue weighted by atomic mass is 32.2. The van der Waals surface area contributed by atoms with Crippen LogP contribution >= 0.6 is 0 Å². The van der Waals surface area contributed by atoms with Crippen LogP contribution in [0.4, 0.5) is 17.1 Å². The molecular weight excluding hydrogens is 1390 g/mol. The van der Waals surface area contributed by atoms with Gasteiger partial charge in [-0.25, -0.2) is 12.6 Å². The Labute approximate surface area is 638 Å². The van der Waals surface area contributed by atoms with E-state index in [1.54, 1.807) is 48.5 Å². The highest BCUT2D eigenvalue weighted by Gasteiger charge is 2.46. The van der Waals surface area contributed by atoms with E-state index in [2.05, 4.69) is 130 Å². The summed E-state index contributed by atoms with van der Waals surface area (Å²) in [6.07, 6.45) is 24.9. The van der Waals surface area contributed by atoms with Crippen molar-refractivity contribution < 1.29 is 69.9 Å². The summed E-state index contributed by atoms with van der Waals surface area (Å²) < 4.78 is 97.2. The molecule has 5 heterocycles. The lowest BCUT2D eigenvalue weighted by atomic mass is 9.80. The van der Waals surface area contributed by atoms with Gasteiger partial charge in [0.25, 0.3) is 17.2 Å². The zero-order valence-electron chi connectivity index (χ0n) is 64.7. The number of allylic oxidation sites excluding steroid dienone is 7. The second-order valence-electron chi connectivity index (χ2n) is 31.3. The number of nitrogens with zero attached hydrogens (tertiary/aromatic N) is 2. The smallest absolute Gasteiger partial charge is 0.259 e. The van der Waals surface area contributed by atoms with Crippen LogP contribution in [0.5, 0.6) is 11.5 Å². The van der Waals surface area contributed by atoms with Crippen molar-refractivity contribution in [1.29, 1.82) is 0 Å². The van der Waals surface area contributed by atoms with E-state index in [0.29, 0.717) is 61.3 Å². The molecule has 580 valence electrons. The molecule has 5 aromatic carbocycles. The van der Waals surface area contributed by atoms with Crippen LogP contribution in [0, 0.1) is 6.92 Å². The second kappa shape index (κ2) is 37.3. The zero-order chi connectivity index (χ0) is 76.0. The molecule has 5 aromatic rings. The molecular formula is C87H117N4O14S2+. The van der Waals surface area contributed by atoms with Crippen LogP contribution in [0.2, 0.25) is 0 Å². The highest BCUT2D eigenvalue weighted by Crippen LogP contribution is 2.49. The van der Waals surface area contributed by atoms with Crippen LogP contribution in [0.3, 0.4) is 0 Å². The monoisotopic (exact) mass is 1510 g/mol. The number of nitrogens with one attached hydrogen (secondary N) is 2. The minimum absolute atomic E-state index is 0.0254. The summed E-state index contributed by atoms with van der Waals surface area (Å²) in [6, 6.07) is 34.0. The third kappa shape index (κ3) is 21.0. The number of phenols is 1. The number of aryl methyl sites for hydroxylation is 1. The molecule has 5 aliphatic heterocycles. The fraction of sp³-hybridized carbons (Fsp3) is 0.540. The minimum Gasteiger partial charge on any atom is -0.508 e. The summed E-state index contributed by atoms with van der Waals surface area (Å²) in [5.74, 6) is 0.560. The number of sulfone groups is 1. The maximum Gasteiger partial charge on any atom is 0.259 e. The number of ether oxygens (including phenoxy) is 7. The Bertz CT molecular complexity index is 4160. The van der Waals surface area contributed by atoms with E-state index in [1.165, 1.54) is 45.5 Å². The summed E-state index contributed by atoms with van der Waals surface area (Å²) >= 11 is -2.22. The van der Waals surface area contributed by atoms with Gasteiger partial charge in [0.15, 0.2) is 34.4 Å². The average Bonchev–Trinajstić information content (AvgIpc) is 1.59. The normalized spacial score (nSPS) is 25.0.